The number of carboxylic acid groups (broad SMARTS) is 1. The van der Waals surface area contributed by atoms with E-state index in [2.05, 4.69) is 11.8 Å². The monoisotopic (exact) mass is 330 g/mol. The van der Waals surface area contributed by atoms with Crippen molar-refractivity contribution in [2.24, 2.45) is 0 Å². The lowest BCUT2D eigenvalue weighted by Crippen LogP contribution is -2.52. The molecule has 1 aliphatic rings. The number of nitrogens with zero attached hydrogens (tertiary/aromatic N) is 2. The minimum Gasteiger partial charge on any atom is -0.480 e. The molecule has 1 heterocycles. The Morgan fingerprint density at radius 3 is 2.29 bits per heavy atom. The fraction of sp³-hybridized carbons (Fsp3) is 0.533. The van der Waals surface area contributed by atoms with Crippen molar-refractivity contribution in [1.29, 1.82) is 0 Å². The highest BCUT2D eigenvalue weighted by molar-refractivity contribution is 6.33. The van der Waals surface area contributed by atoms with Gasteiger partial charge in [0.25, 0.3) is 0 Å². The molecule has 0 saturated carbocycles. The van der Waals surface area contributed by atoms with Crippen LogP contribution >= 0.6 is 23.2 Å². The molecule has 0 amide bonds. The van der Waals surface area contributed by atoms with E-state index >= 15 is 0 Å². The smallest absolute Gasteiger partial charge is 0.320 e. The molecular weight excluding hydrogens is 311 g/mol. The van der Waals surface area contributed by atoms with Crippen LogP contribution < -0.4 is 0 Å². The standard InChI is InChI=1S/C15H20Cl2N2O2/c1-10(13-9-12(16)3-4-14(13)17)18-5-7-19(8-6-18)11(2)15(20)21/h3-4,9-11H,5-8H2,1-2H3,(H,20,21). The van der Waals surface area contributed by atoms with E-state index in [0.29, 0.717) is 10.0 Å². The fourth-order valence-electron chi connectivity index (χ4n) is 2.70. The third-order valence-electron chi connectivity index (χ3n) is 4.21. The molecule has 1 aromatic rings. The van der Waals surface area contributed by atoms with Gasteiger partial charge in [0.2, 0.25) is 0 Å². The molecule has 0 radical (unpaired) electrons. The Morgan fingerprint density at radius 1 is 1.14 bits per heavy atom. The minimum atomic E-state index is -0.769. The van der Waals surface area contributed by atoms with Crippen molar-refractivity contribution in [2.75, 3.05) is 26.2 Å². The van der Waals surface area contributed by atoms with Gasteiger partial charge in [0.05, 0.1) is 0 Å². The highest BCUT2D eigenvalue weighted by Gasteiger charge is 2.28. The summed E-state index contributed by atoms with van der Waals surface area (Å²) >= 11 is 12.3. The number of benzene rings is 1. The first-order valence-electron chi connectivity index (χ1n) is 7.06. The van der Waals surface area contributed by atoms with E-state index in [9.17, 15) is 4.79 Å². The summed E-state index contributed by atoms with van der Waals surface area (Å²) in [5.41, 5.74) is 1.02. The summed E-state index contributed by atoms with van der Waals surface area (Å²) < 4.78 is 0. The van der Waals surface area contributed by atoms with Gasteiger partial charge in [-0.25, -0.2) is 0 Å². The van der Waals surface area contributed by atoms with Crippen molar-refractivity contribution in [3.63, 3.8) is 0 Å². The lowest BCUT2D eigenvalue weighted by Gasteiger charge is -2.39. The van der Waals surface area contributed by atoms with Gasteiger partial charge in [-0.15, -0.1) is 0 Å². The van der Waals surface area contributed by atoms with E-state index in [1.54, 1.807) is 13.0 Å². The zero-order valence-electron chi connectivity index (χ0n) is 12.2. The third kappa shape index (κ3) is 3.89. The summed E-state index contributed by atoms with van der Waals surface area (Å²) in [6.07, 6.45) is 0. The molecule has 1 aromatic carbocycles. The lowest BCUT2D eigenvalue weighted by molar-refractivity contribution is -0.143. The van der Waals surface area contributed by atoms with E-state index in [-0.39, 0.29) is 6.04 Å². The number of aliphatic carboxylic acids is 1. The van der Waals surface area contributed by atoms with Crippen LogP contribution in [-0.4, -0.2) is 53.1 Å². The molecule has 116 valence electrons. The number of hydrogen-bond donors (Lipinski definition) is 1. The van der Waals surface area contributed by atoms with Gasteiger partial charge < -0.3 is 5.11 Å². The van der Waals surface area contributed by atoms with Gasteiger partial charge >= 0.3 is 5.97 Å². The van der Waals surface area contributed by atoms with E-state index in [0.717, 1.165) is 31.7 Å². The number of halogens is 2. The first-order valence-corrected chi connectivity index (χ1v) is 7.81. The molecule has 2 rings (SSSR count). The van der Waals surface area contributed by atoms with E-state index < -0.39 is 12.0 Å². The summed E-state index contributed by atoms with van der Waals surface area (Å²) in [5.74, 6) is -0.769. The van der Waals surface area contributed by atoms with Crippen LogP contribution in [0.25, 0.3) is 0 Å². The minimum absolute atomic E-state index is 0.165. The average Bonchev–Trinajstić information content (AvgIpc) is 2.48. The molecule has 1 N–H and O–H groups in total. The van der Waals surface area contributed by atoms with Gasteiger partial charge in [-0.1, -0.05) is 23.2 Å². The van der Waals surface area contributed by atoms with Crippen LogP contribution in [0, 0.1) is 0 Å². The average molecular weight is 331 g/mol. The van der Waals surface area contributed by atoms with Gasteiger partial charge in [-0.2, -0.15) is 0 Å². The lowest BCUT2D eigenvalue weighted by atomic mass is 10.1. The molecule has 6 heteroatoms. The van der Waals surface area contributed by atoms with Gasteiger partial charge in [0, 0.05) is 42.3 Å². The summed E-state index contributed by atoms with van der Waals surface area (Å²) in [4.78, 5) is 15.3. The molecule has 0 spiro atoms. The zero-order chi connectivity index (χ0) is 15.6. The van der Waals surface area contributed by atoms with Crippen molar-refractivity contribution in [3.8, 4) is 0 Å². The molecule has 0 aliphatic carbocycles. The summed E-state index contributed by atoms with van der Waals surface area (Å²) in [6, 6.07) is 5.24. The molecule has 0 aromatic heterocycles. The van der Waals surface area contributed by atoms with Gasteiger partial charge in [-0.05, 0) is 37.6 Å². The van der Waals surface area contributed by atoms with E-state index in [1.165, 1.54) is 0 Å². The topological polar surface area (TPSA) is 43.8 Å². The second kappa shape index (κ2) is 6.97. The Morgan fingerprint density at radius 2 is 1.71 bits per heavy atom. The Balaban J connectivity index is 2.01. The Hall–Kier alpha value is -0.810. The predicted octanol–water partition coefficient (Wildman–Crippen LogP) is 3.15. The summed E-state index contributed by atoms with van der Waals surface area (Å²) in [7, 11) is 0. The number of hydrogen-bond acceptors (Lipinski definition) is 3. The molecule has 1 fully saturated rings. The van der Waals surface area contributed by atoms with Crippen molar-refractivity contribution in [2.45, 2.75) is 25.9 Å². The highest BCUT2D eigenvalue weighted by atomic mass is 35.5. The second-order valence-electron chi connectivity index (χ2n) is 5.43. The quantitative estimate of drug-likeness (QED) is 0.921. The largest absolute Gasteiger partial charge is 0.480 e. The number of carbonyl (C=O) groups is 1. The number of piperazine rings is 1. The van der Waals surface area contributed by atoms with Crippen LogP contribution in [0.5, 0.6) is 0 Å². The van der Waals surface area contributed by atoms with Crippen LogP contribution in [0.3, 0.4) is 0 Å². The molecule has 2 atom stereocenters. The van der Waals surface area contributed by atoms with Crippen LogP contribution in [0.1, 0.15) is 25.5 Å². The fourth-order valence-corrected chi connectivity index (χ4v) is 3.16. The van der Waals surface area contributed by atoms with Crippen LogP contribution in [0.4, 0.5) is 0 Å². The molecule has 4 nitrogen and oxygen atoms in total. The normalized spacial score (nSPS) is 20.2. The molecule has 21 heavy (non-hydrogen) atoms. The van der Waals surface area contributed by atoms with Crippen molar-refractivity contribution in [3.05, 3.63) is 33.8 Å². The predicted molar refractivity (Wildman–Crippen MR) is 85.1 cm³/mol. The molecule has 2 unspecified atom stereocenters. The van der Waals surface area contributed by atoms with Crippen LogP contribution in [-0.2, 0) is 4.79 Å². The van der Waals surface area contributed by atoms with Gasteiger partial charge in [0.15, 0.2) is 0 Å². The Labute approximate surface area is 135 Å². The van der Waals surface area contributed by atoms with Crippen molar-refractivity contribution < 1.29 is 9.90 Å². The zero-order valence-corrected chi connectivity index (χ0v) is 13.7. The summed E-state index contributed by atoms with van der Waals surface area (Å²) in [6.45, 7) is 6.97. The highest BCUT2D eigenvalue weighted by Crippen LogP contribution is 2.30. The van der Waals surface area contributed by atoms with Crippen molar-refractivity contribution in [1.82, 2.24) is 9.80 Å². The number of carboxylic acids is 1. The maximum atomic E-state index is 11.0. The van der Waals surface area contributed by atoms with Gasteiger partial charge in [-0.3, -0.25) is 14.6 Å². The Kier molecular flexibility index (Phi) is 5.49. The van der Waals surface area contributed by atoms with Gasteiger partial charge in [0.1, 0.15) is 6.04 Å². The molecule has 0 bridgehead atoms. The van der Waals surface area contributed by atoms with Crippen LogP contribution in [0.15, 0.2) is 18.2 Å². The SMILES string of the molecule is CC(C(=O)O)N1CCN(C(C)c2cc(Cl)ccc2Cl)CC1. The first kappa shape index (κ1) is 16.6. The maximum Gasteiger partial charge on any atom is 0.320 e. The molecule has 1 aliphatic heterocycles. The third-order valence-corrected chi connectivity index (χ3v) is 4.79. The number of rotatable bonds is 4. The first-order chi connectivity index (χ1) is 9.90. The van der Waals surface area contributed by atoms with Crippen LogP contribution in [0.2, 0.25) is 10.0 Å². The second-order valence-corrected chi connectivity index (χ2v) is 6.27. The molecule has 1 saturated heterocycles. The Bertz CT molecular complexity index is 516. The molecular formula is C15H20Cl2N2O2. The van der Waals surface area contributed by atoms with E-state index in [4.69, 9.17) is 28.3 Å². The van der Waals surface area contributed by atoms with E-state index in [1.807, 2.05) is 17.0 Å². The van der Waals surface area contributed by atoms with Crippen molar-refractivity contribution >= 4 is 29.2 Å². The maximum absolute atomic E-state index is 11.0. The summed E-state index contributed by atoms with van der Waals surface area (Å²) in [5, 5.41) is 10.5.